The fraction of sp³-hybridized carbons (Fsp3) is 0.208. The van der Waals surface area contributed by atoms with Gasteiger partial charge in [0.1, 0.15) is 22.5 Å². The molecular weight excluding hydrogens is 504 g/mol. The molecule has 2 aromatic carbocycles. The van der Waals surface area contributed by atoms with Crippen molar-refractivity contribution in [2.45, 2.75) is 19.9 Å². The lowest BCUT2D eigenvalue weighted by Crippen LogP contribution is -2.38. The molecule has 33 heavy (non-hydrogen) atoms. The van der Waals surface area contributed by atoms with Crippen LogP contribution in [0.4, 0.5) is 0 Å². The van der Waals surface area contributed by atoms with Crippen molar-refractivity contribution >= 4 is 44.5 Å². The molecule has 0 aromatic heterocycles. The number of benzene rings is 2. The number of esters is 1. The van der Waals surface area contributed by atoms with Crippen LogP contribution in [0, 0.1) is 11.3 Å². The van der Waals surface area contributed by atoms with Crippen LogP contribution < -0.4 is 10.5 Å². The summed E-state index contributed by atoms with van der Waals surface area (Å²) in [7, 11) is 0. The summed E-state index contributed by atoms with van der Waals surface area (Å²) in [5, 5.41) is 10.1. The molecule has 4 rings (SSSR count). The molecule has 2 N–H and O–H groups in total. The van der Waals surface area contributed by atoms with Crippen molar-refractivity contribution in [1.29, 1.82) is 5.26 Å². The summed E-state index contributed by atoms with van der Waals surface area (Å²) in [6.45, 7) is 4.40. The molecule has 168 valence electrons. The summed E-state index contributed by atoms with van der Waals surface area (Å²) in [6.07, 6.45) is 0. The molecule has 0 fully saturated rings. The number of ether oxygens (including phenoxy) is 2. The average molecular weight is 525 g/mol. The van der Waals surface area contributed by atoms with Crippen molar-refractivity contribution in [3.63, 3.8) is 0 Å². The molecule has 0 spiro atoms. The Balaban J connectivity index is 1.98. The summed E-state index contributed by atoms with van der Waals surface area (Å²) < 4.78 is 11.9. The maximum absolute atomic E-state index is 13.3. The van der Waals surface area contributed by atoms with E-state index in [9.17, 15) is 10.1 Å². The maximum atomic E-state index is 13.3. The topological polar surface area (TPSA) is 101 Å². The van der Waals surface area contributed by atoms with Crippen LogP contribution in [0.1, 0.15) is 31.0 Å². The van der Waals surface area contributed by atoms with E-state index in [1.54, 1.807) is 11.8 Å². The predicted octanol–water partition coefficient (Wildman–Crippen LogP) is 4.93. The Labute approximate surface area is 204 Å². The highest BCUT2D eigenvalue weighted by molar-refractivity contribution is 9.10. The number of nitrogens with two attached hydrogens (primary N) is 1. The smallest absolute Gasteiger partial charge is 0.338 e. The fourth-order valence-electron chi connectivity index (χ4n) is 3.73. The third-order valence-corrected chi connectivity index (χ3v) is 6.70. The largest absolute Gasteiger partial charge is 0.493 e. The second-order valence-corrected chi connectivity index (χ2v) is 8.90. The van der Waals surface area contributed by atoms with Gasteiger partial charge in [0, 0.05) is 5.56 Å². The molecule has 0 aliphatic carbocycles. The van der Waals surface area contributed by atoms with Gasteiger partial charge in [-0.1, -0.05) is 36.4 Å². The number of hydrogen-bond donors (Lipinski definition) is 1. The Morgan fingerprint density at radius 3 is 2.64 bits per heavy atom. The standard InChI is InChI=1S/C24H21BrN4O3S/c1-3-31-17-11-10-15(12-16(17)25)21-19(23(30)32-4-2)20(14-8-6-5-7-9-14)28-24-29(21)22(27)18(13-26)33-24/h5-12,21H,3-4,27H2,1-2H3/t21-/m1/s1. The molecular formula is C24H21BrN4O3S. The minimum Gasteiger partial charge on any atom is -0.493 e. The first kappa shape index (κ1) is 23.0. The van der Waals surface area contributed by atoms with E-state index in [1.807, 2.05) is 55.5 Å². The van der Waals surface area contributed by atoms with E-state index in [0.717, 1.165) is 15.6 Å². The van der Waals surface area contributed by atoms with E-state index < -0.39 is 12.0 Å². The minimum absolute atomic E-state index is 0.212. The summed E-state index contributed by atoms with van der Waals surface area (Å²) in [5.74, 6) is 0.454. The zero-order valence-corrected chi connectivity index (χ0v) is 20.4. The molecule has 7 nitrogen and oxygen atoms in total. The lowest BCUT2D eigenvalue weighted by Gasteiger charge is -2.35. The van der Waals surface area contributed by atoms with E-state index in [-0.39, 0.29) is 12.4 Å². The Hall–Kier alpha value is -3.22. The van der Waals surface area contributed by atoms with Gasteiger partial charge in [-0.3, -0.25) is 4.90 Å². The number of nitriles is 1. The van der Waals surface area contributed by atoms with Crippen LogP contribution in [0.25, 0.3) is 5.70 Å². The molecule has 2 aliphatic rings. The molecule has 9 heteroatoms. The number of rotatable bonds is 6. The van der Waals surface area contributed by atoms with Crippen molar-refractivity contribution in [3.05, 3.63) is 80.4 Å². The average Bonchev–Trinajstić information content (AvgIpc) is 3.15. The van der Waals surface area contributed by atoms with E-state index in [0.29, 0.717) is 33.7 Å². The summed E-state index contributed by atoms with van der Waals surface area (Å²) in [4.78, 5) is 20.2. The second-order valence-electron chi connectivity index (χ2n) is 7.07. The van der Waals surface area contributed by atoms with Gasteiger partial charge in [-0.15, -0.1) is 0 Å². The number of aliphatic imine (C=N–C) groups is 1. The minimum atomic E-state index is -0.642. The molecule has 0 unspecified atom stereocenters. The number of halogens is 1. The lowest BCUT2D eigenvalue weighted by atomic mass is 9.92. The lowest BCUT2D eigenvalue weighted by molar-refractivity contribution is -0.139. The van der Waals surface area contributed by atoms with Crippen LogP contribution in [-0.2, 0) is 9.53 Å². The van der Waals surface area contributed by atoms with Crippen molar-refractivity contribution in [3.8, 4) is 11.8 Å². The van der Waals surface area contributed by atoms with Crippen molar-refractivity contribution < 1.29 is 14.3 Å². The molecule has 0 saturated carbocycles. The van der Waals surface area contributed by atoms with Crippen LogP contribution >= 0.6 is 27.7 Å². The van der Waals surface area contributed by atoms with Crippen LogP contribution in [0.2, 0.25) is 0 Å². The fourth-order valence-corrected chi connectivity index (χ4v) is 5.12. The SMILES string of the molecule is CCOC(=O)C1=C(c2ccccc2)N=C2SC(C#N)=C(N)N2[C@@H]1c1ccc(OCC)c(Br)c1. The Bertz CT molecular complexity index is 1230. The number of thioether (sulfide) groups is 1. The van der Waals surface area contributed by atoms with Crippen LogP contribution in [0.15, 0.2) is 74.3 Å². The van der Waals surface area contributed by atoms with Gasteiger partial charge in [-0.25, -0.2) is 9.79 Å². The van der Waals surface area contributed by atoms with Crippen molar-refractivity contribution in [2.24, 2.45) is 10.7 Å². The van der Waals surface area contributed by atoms with Crippen LogP contribution in [0.3, 0.4) is 0 Å². The van der Waals surface area contributed by atoms with E-state index >= 15 is 0 Å². The predicted molar refractivity (Wildman–Crippen MR) is 132 cm³/mol. The van der Waals surface area contributed by atoms with Crippen molar-refractivity contribution in [1.82, 2.24) is 4.90 Å². The number of nitrogens with zero attached hydrogens (tertiary/aromatic N) is 3. The van der Waals surface area contributed by atoms with Gasteiger partial charge in [0.15, 0.2) is 5.17 Å². The van der Waals surface area contributed by atoms with Crippen LogP contribution in [0.5, 0.6) is 5.75 Å². The highest BCUT2D eigenvalue weighted by Crippen LogP contribution is 2.48. The molecule has 2 heterocycles. The van der Waals surface area contributed by atoms with Gasteiger partial charge in [-0.05, 0) is 59.2 Å². The first-order chi connectivity index (χ1) is 16.0. The van der Waals surface area contributed by atoms with Crippen LogP contribution in [-0.4, -0.2) is 29.3 Å². The highest BCUT2D eigenvalue weighted by Gasteiger charge is 2.43. The molecule has 0 amide bonds. The molecule has 0 radical (unpaired) electrons. The first-order valence-corrected chi connectivity index (χ1v) is 12.0. The third kappa shape index (κ3) is 4.24. The monoisotopic (exact) mass is 524 g/mol. The number of carbonyl (C=O) groups excluding carboxylic acids is 1. The maximum Gasteiger partial charge on any atom is 0.338 e. The summed E-state index contributed by atoms with van der Waals surface area (Å²) >= 11 is 4.76. The quantitative estimate of drug-likeness (QED) is 0.534. The van der Waals surface area contributed by atoms with Gasteiger partial charge in [0.2, 0.25) is 0 Å². The third-order valence-electron chi connectivity index (χ3n) is 5.10. The highest BCUT2D eigenvalue weighted by atomic mass is 79.9. The van der Waals surface area contributed by atoms with E-state index in [1.165, 1.54) is 11.8 Å². The van der Waals surface area contributed by atoms with E-state index in [2.05, 4.69) is 22.0 Å². The van der Waals surface area contributed by atoms with Gasteiger partial charge in [0.25, 0.3) is 0 Å². The number of carbonyl (C=O) groups is 1. The summed E-state index contributed by atoms with van der Waals surface area (Å²) in [5.41, 5.74) is 8.77. The Morgan fingerprint density at radius 1 is 1.24 bits per heavy atom. The Morgan fingerprint density at radius 2 is 2.00 bits per heavy atom. The van der Waals surface area contributed by atoms with Gasteiger partial charge < -0.3 is 15.2 Å². The van der Waals surface area contributed by atoms with Gasteiger partial charge in [-0.2, -0.15) is 5.26 Å². The number of fused-ring (bicyclic) bond motifs is 1. The molecule has 0 saturated heterocycles. The molecule has 2 aliphatic heterocycles. The zero-order chi connectivity index (χ0) is 23.5. The number of allylic oxidation sites excluding steroid dienone is 1. The van der Waals surface area contributed by atoms with E-state index in [4.69, 9.17) is 20.2 Å². The van der Waals surface area contributed by atoms with Crippen molar-refractivity contribution in [2.75, 3.05) is 13.2 Å². The normalized spacial score (nSPS) is 17.5. The molecule has 2 aromatic rings. The van der Waals surface area contributed by atoms with Gasteiger partial charge >= 0.3 is 5.97 Å². The molecule has 1 atom stereocenters. The first-order valence-electron chi connectivity index (χ1n) is 10.3. The Kier molecular flexibility index (Phi) is 6.77. The zero-order valence-electron chi connectivity index (χ0n) is 18.0. The second kappa shape index (κ2) is 9.73. The molecule has 0 bridgehead atoms. The number of hydrogen-bond acceptors (Lipinski definition) is 8. The summed E-state index contributed by atoms with van der Waals surface area (Å²) in [6, 6.07) is 16.6. The number of amidine groups is 1. The van der Waals surface area contributed by atoms with Gasteiger partial charge in [0.05, 0.1) is 35.0 Å².